The zero-order chi connectivity index (χ0) is 16.5. The molecule has 0 aliphatic heterocycles. The Bertz CT molecular complexity index is 244. The van der Waals surface area contributed by atoms with Crippen molar-refractivity contribution in [1.29, 1.82) is 0 Å². The van der Waals surface area contributed by atoms with E-state index >= 15 is 0 Å². The van der Waals surface area contributed by atoms with E-state index in [4.69, 9.17) is 5.73 Å². The van der Waals surface area contributed by atoms with Crippen molar-refractivity contribution in [3.63, 3.8) is 0 Å². The van der Waals surface area contributed by atoms with Crippen LogP contribution in [-0.2, 0) is 4.79 Å². The molecule has 0 spiro atoms. The molecule has 0 aliphatic rings. The average molecular weight is 314 g/mol. The van der Waals surface area contributed by atoms with Gasteiger partial charge in [0.15, 0.2) is 0 Å². The number of rotatable bonds is 17. The van der Waals surface area contributed by atoms with Crippen molar-refractivity contribution in [2.75, 3.05) is 0 Å². The lowest BCUT2D eigenvalue weighted by atomic mass is 10.0. The molecule has 0 heterocycles. The average Bonchev–Trinajstić information content (AvgIpc) is 2.47. The van der Waals surface area contributed by atoms with Gasteiger partial charge in [0.2, 0.25) is 5.91 Å². The van der Waals surface area contributed by atoms with Crippen molar-refractivity contribution in [2.24, 2.45) is 5.73 Å². The predicted octanol–water partition coefficient (Wildman–Crippen LogP) is 5.09. The van der Waals surface area contributed by atoms with Crippen molar-refractivity contribution in [3.8, 4) is 0 Å². The van der Waals surface area contributed by atoms with Gasteiger partial charge < -0.3 is 10.8 Å². The number of unbranched alkanes of at least 4 members (excludes halogenated alkanes) is 11. The Balaban J connectivity index is 3.04. The van der Waals surface area contributed by atoms with Crippen molar-refractivity contribution >= 4 is 5.91 Å². The summed E-state index contributed by atoms with van der Waals surface area (Å²) in [6.45, 7) is 2.13. The van der Waals surface area contributed by atoms with Crippen molar-refractivity contribution in [2.45, 2.75) is 116 Å². The van der Waals surface area contributed by atoms with Crippen LogP contribution in [0.5, 0.6) is 0 Å². The van der Waals surface area contributed by atoms with Gasteiger partial charge in [-0.25, -0.2) is 0 Å². The highest BCUT2D eigenvalue weighted by Gasteiger charge is 2.01. The molecule has 0 aromatic rings. The van der Waals surface area contributed by atoms with Crippen LogP contribution in [0.25, 0.3) is 0 Å². The van der Waals surface area contributed by atoms with Crippen molar-refractivity contribution < 1.29 is 9.90 Å². The zero-order valence-electron chi connectivity index (χ0n) is 14.8. The minimum atomic E-state index is -0.167. The zero-order valence-corrected chi connectivity index (χ0v) is 14.8. The molecule has 0 bridgehead atoms. The Morgan fingerprint density at radius 3 is 1.59 bits per heavy atom. The summed E-state index contributed by atoms with van der Waals surface area (Å²) in [6, 6.07) is 0. The Labute approximate surface area is 138 Å². The number of primary amides is 1. The Kier molecular flexibility index (Phi) is 16.4. The van der Waals surface area contributed by atoms with Gasteiger partial charge in [-0.3, -0.25) is 4.79 Å². The van der Waals surface area contributed by atoms with E-state index in [1.807, 2.05) is 0 Å². The molecule has 1 atom stereocenters. The molecule has 0 rings (SSSR count). The van der Waals surface area contributed by atoms with Crippen molar-refractivity contribution in [3.05, 3.63) is 0 Å². The fourth-order valence-electron chi connectivity index (χ4n) is 2.92. The quantitative estimate of drug-likeness (QED) is 0.367. The molecule has 3 N–H and O–H groups in total. The number of hydrogen-bond donors (Lipinski definition) is 2. The number of nitrogens with two attached hydrogens (primary N) is 1. The topological polar surface area (TPSA) is 63.3 Å². The normalized spacial score (nSPS) is 12.5. The fraction of sp³-hybridized carbons (Fsp3) is 0.947. The third-order valence-electron chi connectivity index (χ3n) is 4.33. The maximum atomic E-state index is 10.6. The minimum absolute atomic E-state index is 0.0621. The summed E-state index contributed by atoms with van der Waals surface area (Å²) in [5.74, 6) is -0.167. The molecule has 1 amide bonds. The van der Waals surface area contributed by atoms with Crippen LogP contribution in [-0.4, -0.2) is 17.1 Å². The number of aliphatic hydroxyl groups excluding tert-OH is 1. The van der Waals surface area contributed by atoms with E-state index in [0.717, 1.165) is 32.1 Å². The van der Waals surface area contributed by atoms with Crippen LogP contribution in [0.2, 0.25) is 0 Å². The molecule has 22 heavy (non-hydrogen) atoms. The molecule has 0 aromatic heterocycles. The molecule has 0 aliphatic carbocycles. The van der Waals surface area contributed by atoms with E-state index in [0.29, 0.717) is 6.42 Å². The third kappa shape index (κ3) is 17.5. The van der Waals surface area contributed by atoms with Crippen LogP contribution < -0.4 is 5.73 Å². The molecule has 132 valence electrons. The van der Waals surface area contributed by atoms with Gasteiger partial charge in [0.25, 0.3) is 0 Å². The maximum absolute atomic E-state index is 10.6. The first-order valence-corrected chi connectivity index (χ1v) is 9.63. The second-order valence-corrected chi connectivity index (χ2v) is 6.69. The van der Waals surface area contributed by atoms with Crippen LogP contribution in [0, 0.1) is 0 Å². The Hall–Kier alpha value is -0.570. The van der Waals surface area contributed by atoms with Gasteiger partial charge in [-0.05, 0) is 19.3 Å². The smallest absolute Gasteiger partial charge is 0.217 e. The van der Waals surface area contributed by atoms with Crippen LogP contribution in [0.4, 0.5) is 0 Å². The van der Waals surface area contributed by atoms with Crippen LogP contribution >= 0.6 is 0 Å². The van der Waals surface area contributed by atoms with Gasteiger partial charge in [0.1, 0.15) is 0 Å². The predicted molar refractivity (Wildman–Crippen MR) is 94.7 cm³/mol. The molecule has 3 nitrogen and oxygen atoms in total. The molecule has 1 unspecified atom stereocenters. The van der Waals surface area contributed by atoms with E-state index < -0.39 is 0 Å². The van der Waals surface area contributed by atoms with Gasteiger partial charge in [0, 0.05) is 6.42 Å². The van der Waals surface area contributed by atoms with Gasteiger partial charge in [-0.1, -0.05) is 84.0 Å². The number of carbonyl (C=O) groups is 1. The number of amides is 1. The first-order valence-electron chi connectivity index (χ1n) is 9.63. The van der Waals surface area contributed by atoms with Crippen LogP contribution in [0.15, 0.2) is 0 Å². The Morgan fingerprint density at radius 2 is 1.18 bits per heavy atom. The summed E-state index contributed by atoms with van der Waals surface area (Å²) in [6.07, 6.45) is 18.7. The van der Waals surface area contributed by atoms with Crippen LogP contribution in [0.1, 0.15) is 110 Å². The lowest BCUT2D eigenvalue weighted by Gasteiger charge is -2.08. The summed E-state index contributed by atoms with van der Waals surface area (Å²) in [7, 11) is 0. The van der Waals surface area contributed by atoms with E-state index in [1.54, 1.807) is 0 Å². The first kappa shape index (κ1) is 21.4. The molecule has 0 saturated heterocycles. The molecular weight excluding hydrogens is 274 g/mol. The molecular formula is C19H39NO2. The van der Waals surface area contributed by atoms with Gasteiger partial charge in [-0.2, -0.15) is 0 Å². The highest BCUT2D eigenvalue weighted by molar-refractivity contribution is 5.73. The molecule has 0 radical (unpaired) electrons. The second kappa shape index (κ2) is 16.8. The summed E-state index contributed by atoms with van der Waals surface area (Å²) in [5.41, 5.74) is 5.11. The lowest BCUT2D eigenvalue weighted by molar-refractivity contribution is -0.118. The molecule has 3 heteroatoms. The monoisotopic (exact) mass is 313 g/mol. The van der Waals surface area contributed by atoms with Crippen molar-refractivity contribution in [1.82, 2.24) is 0 Å². The second-order valence-electron chi connectivity index (χ2n) is 6.69. The third-order valence-corrected chi connectivity index (χ3v) is 4.33. The standard InChI is InChI=1S/C19H39NO2/c1-2-15-18(21)16-13-11-9-7-5-3-4-6-8-10-12-14-17-19(20)22/h18,21H,2-17H2,1H3,(H2,20,22). The first-order chi connectivity index (χ1) is 10.7. The van der Waals surface area contributed by atoms with Crippen LogP contribution in [0.3, 0.4) is 0 Å². The number of aliphatic hydroxyl groups is 1. The summed E-state index contributed by atoms with van der Waals surface area (Å²) < 4.78 is 0. The largest absolute Gasteiger partial charge is 0.393 e. The SMILES string of the molecule is CCCC(O)CCCCCCCCCCCCCCC(N)=O. The van der Waals surface area contributed by atoms with Gasteiger partial charge in [-0.15, -0.1) is 0 Å². The minimum Gasteiger partial charge on any atom is -0.393 e. The fourth-order valence-corrected chi connectivity index (χ4v) is 2.92. The van der Waals surface area contributed by atoms with E-state index in [9.17, 15) is 9.90 Å². The van der Waals surface area contributed by atoms with E-state index in [2.05, 4.69) is 6.92 Å². The summed E-state index contributed by atoms with van der Waals surface area (Å²) >= 11 is 0. The maximum Gasteiger partial charge on any atom is 0.217 e. The van der Waals surface area contributed by atoms with E-state index in [-0.39, 0.29) is 12.0 Å². The van der Waals surface area contributed by atoms with E-state index in [1.165, 1.54) is 64.2 Å². The molecule has 0 fully saturated rings. The Morgan fingerprint density at radius 1 is 0.773 bits per heavy atom. The molecule has 0 saturated carbocycles. The number of hydrogen-bond acceptors (Lipinski definition) is 2. The summed E-state index contributed by atoms with van der Waals surface area (Å²) in [4.78, 5) is 10.6. The molecule has 0 aromatic carbocycles. The van der Waals surface area contributed by atoms with Gasteiger partial charge in [0.05, 0.1) is 6.10 Å². The lowest BCUT2D eigenvalue weighted by Crippen LogP contribution is -2.09. The number of carbonyl (C=O) groups excluding carboxylic acids is 1. The summed E-state index contributed by atoms with van der Waals surface area (Å²) in [5, 5.41) is 9.63. The van der Waals surface area contributed by atoms with Gasteiger partial charge >= 0.3 is 0 Å². The highest BCUT2D eigenvalue weighted by atomic mass is 16.3. The highest BCUT2D eigenvalue weighted by Crippen LogP contribution is 2.14.